The Hall–Kier alpha value is -0.0400. The first-order chi connectivity index (χ1) is 9.63. The van der Waals surface area contributed by atoms with E-state index in [4.69, 9.17) is 4.74 Å². The minimum atomic E-state index is 0. The highest BCUT2D eigenvalue weighted by Crippen LogP contribution is 2.28. The van der Waals surface area contributed by atoms with Crippen LogP contribution in [0.5, 0.6) is 0 Å². The summed E-state index contributed by atoms with van der Waals surface area (Å²) in [5, 5.41) is 3.35. The van der Waals surface area contributed by atoms with Crippen molar-refractivity contribution in [2.45, 2.75) is 46.5 Å². The number of hydrogen-bond acceptors (Lipinski definition) is 2. The lowest BCUT2D eigenvalue weighted by atomic mass is 10.1. The summed E-state index contributed by atoms with van der Waals surface area (Å²) in [7, 11) is 2.09. The van der Waals surface area contributed by atoms with Gasteiger partial charge in [0.2, 0.25) is 0 Å². The van der Waals surface area contributed by atoms with Crippen molar-refractivity contribution >= 4 is 29.9 Å². The molecule has 0 aliphatic heterocycles. The zero-order chi connectivity index (χ0) is 14.8. The molecule has 0 aromatic rings. The van der Waals surface area contributed by atoms with Gasteiger partial charge in [-0.05, 0) is 44.4 Å². The fourth-order valence-electron chi connectivity index (χ4n) is 2.00. The maximum atomic E-state index is 5.69. The molecule has 1 fully saturated rings. The molecule has 0 atom stereocenters. The molecule has 0 aromatic heterocycles. The smallest absolute Gasteiger partial charge is 0.193 e. The molecular formula is C16H34IN3O. The van der Waals surface area contributed by atoms with Crippen LogP contribution in [0.1, 0.15) is 46.5 Å². The summed E-state index contributed by atoms with van der Waals surface area (Å²) in [6.07, 6.45) is 5.13. The summed E-state index contributed by atoms with van der Waals surface area (Å²) in [6, 6.07) is 0. The number of halogens is 1. The van der Waals surface area contributed by atoms with Crippen molar-refractivity contribution in [2.75, 3.05) is 39.9 Å². The molecule has 126 valence electrons. The molecule has 0 amide bonds. The number of rotatable bonds is 10. The third kappa shape index (κ3) is 11.2. The predicted octanol–water partition coefficient (Wildman–Crippen LogP) is 3.36. The van der Waals surface area contributed by atoms with E-state index in [1.165, 1.54) is 25.7 Å². The summed E-state index contributed by atoms with van der Waals surface area (Å²) in [5.74, 6) is 2.62. The molecule has 5 heteroatoms. The van der Waals surface area contributed by atoms with Crippen LogP contribution in [0.2, 0.25) is 0 Å². The summed E-state index contributed by atoms with van der Waals surface area (Å²) < 4.78 is 5.69. The zero-order valence-corrected chi connectivity index (χ0v) is 16.6. The lowest BCUT2D eigenvalue weighted by Crippen LogP contribution is -2.40. The third-order valence-corrected chi connectivity index (χ3v) is 3.52. The minimum absolute atomic E-state index is 0. The standard InChI is InChI=1S/C16H33N3O.HI/c1-5-17-16(18-10-6-7-14(2)3)19(4)11-12-20-13-15-8-9-15;/h14-15H,5-13H2,1-4H3,(H,17,18);1H. The molecule has 0 spiro atoms. The Balaban J connectivity index is 0.00000400. The van der Waals surface area contributed by atoms with Gasteiger partial charge in [-0.25, -0.2) is 0 Å². The number of guanidine groups is 1. The average molecular weight is 411 g/mol. The van der Waals surface area contributed by atoms with Gasteiger partial charge >= 0.3 is 0 Å². The van der Waals surface area contributed by atoms with Gasteiger partial charge < -0.3 is 15.0 Å². The van der Waals surface area contributed by atoms with Crippen LogP contribution in [0.4, 0.5) is 0 Å². The normalized spacial score (nSPS) is 15.0. The molecule has 0 aromatic carbocycles. The van der Waals surface area contributed by atoms with E-state index in [0.717, 1.165) is 50.6 Å². The molecule has 0 radical (unpaired) electrons. The van der Waals surface area contributed by atoms with E-state index in [1.54, 1.807) is 0 Å². The Morgan fingerprint density at radius 1 is 1.38 bits per heavy atom. The van der Waals surface area contributed by atoms with E-state index in [2.05, 4.69) is 43.0 Å². The molecular weight excluding hydrogens is 377 g/mol. The lowest BCUT2D eigenvalue weighted by molar-refractivity contribution is 0.115. The SMILES string of the molecule is CCNC(=NCCCC(C)C)N(C)CCOCC1CC1.I. The van der Waals surface area contributed by atoms with Gasteiger partial charge in [-0.1, -0.05) is 13.8 Å². The highest BCUT2D eigenvalue weighted by Gasteiger charge is 2.21. The second-order valence-electron chi connectivity index (χ2n) is 6.21. The highest BCUT2D eigenvalue weighted by molar-refractivity contribution is 14.0. The molecule has 4 nitrogen and oxygen atoms in total. The lowest BCUT2D eigenvalue weighted by Gasteiger charge is -2.22. The van der Waals surface area contributed by atoms with Gasteiger partial charge in [0.05, 0.1) is 6.61 Å². The molecule has 1 N–H and O–H groups in total. The molecule has 0 bridgehead atoms. The van der Waals surface area contributed by atoms with Crippen molar-refractivity contribution in [3.63, 3.8) is 0 Å². The molecule has 0 heterocycles. The Morgan fingerprint density at radius 3 is 2.67 bits per heavy atom. The highest BCUT2D eigenvalue weighted by atomic mass is 127. The fraction of sp³-hybridized carbons (Fsp3) is 0.938. The van der Waals surface area contributed by atoms with Gasteiger partial charge in [-0.3, -0.25) is 4.99 Å². The van der Waals surface area contributed by atoms with Gasteiger partial charge in [0.1, 0.15) is 0 Å². The molecule has 21 heavy (non-hydrogen) atoms. The van der Waals surface area contributed by atoms with E-state index in [-0.39, 0.29) is 24.0 Å². The van der Waals surface area contributed by atoms with Crippen molar-refractivity contribution in [3.05, 3.63) is 0 Å². The largest absolute Gasteiger partial charge is 0.379 e. The van der Waals surface area contributed by atoms with Crippen molar-refractivity contribution in [1.82, 2.24) is 10.2 Å². The third-order valence-electron chi connectivity index (χ3n) is 3.52. The van der Waals surface area contributed by atoms with Crippen LogP contribution in [-0.4, -0.2) is 50.8 Å². The molecule has 1 aliphatic carbocycles. The summed E-state index contributed by atoms with van der Waals surface area (Å²) in [6.45, 7) is 11.1. The van der Waals surface area contributed by atoms with E-state index >= 15 is 0 Å². The molecule has 1 saturated carbocycles. The fourth-order valence-corrected chi connectivity index (χ4v) is 2.00. The van der Waals surface area contributed by atoms with Crippen LogP contribution < -0.4 is 5.32 Å². The Labute approximate surface area is 148 Å². The maximum Gasteiger partial charge on any atom is 0.193 e. The second-order valence-corrected chi connectivity index (χ2v) is 6.21. The first-order valence-electron chi connectivity index (χ1n) is 8.20. The van der Waals surface area contributed by atoms with Gasteiger partial charge in [0.25, 0.3) is 0 Å². The van der Waals surface area contributed by atoms with Crippen LogP contribution in [0.15, 0.2) is 4.99 Å². The average Bonchev–Trinajstić information content (AvgIpc) is 3.22. The van der Waals surface area contributed by atoms with Crippen molar-refractivity contribution in [2.24, 2.45) is 16.8 Å². The monoisotopic (exact) mass is 411 g/mol. The molecule has 0 unspecified atom stereocenters. The van der Waals surface area contributed by atoms with Crippen molar-refractivity contribution in [3.8, 4) is 0 Å². The summed E-state index contributed by atoms with van der Waals surface area (Å²) in [4.78, 5) is 6.86. The number of aliphatic imine (C=N–C) groups is 1. The van der Waals surface area contributed by atoms with Crippen LogP contribution in [0.25, 0.3) is 0 Å². The van der Waals surface area contributed by atoms with Crippen molar-refractivity contribution in [1.29, 1.82) is 0 Å². The molecule has 1 aliphatic rings. The van der Waals surface area contributed by atoms with E-state index < -0.39 is 0 Å². The van der Waals surface area contributed by atoms with Crippen molar-refractivity contribution < 1.29 is 4.74 Å². The Bertz CT molecular complexity index is 281. The van der Waals surface area contributed by atoms with E-state index in [0.29, 0.717) is 0 Å². The second kappa shape index (κ2) is 12.5. The quantitative estimate of drug-likeness (QED) is 0.259. The molecule has 0 saturated heterocycles. The zero-order valence-electron chi connectivity index (χ0n) is 14.2. The van der Waals surface area contributed by atoms with Crippen LogP contribution in [0, 0.1) is 11.8 Å². The number of likely N-dealkylation sites (N-methyl/N-ethyl adjacent to an activating group) is 1. The summed E-state index contributed by atoms with van der Waals surface area (Å²) in [5.41, 5.74) is 0. The number of nitrogens with one attached hydrogen (secondary N) is 1. The maximum absolute atomic E-state index is 5.69. The predicted molar refractivity (Wildman–Crippen MR) is 102 cm³/mol. The minimum Gasteiger partial charge on any atom is -0.379 e. The van der Waals surface area contributed by atoms with Gasteiger partial charge in [0.15, 0.2) is 5.96 Å². The Morgan fingerprint density at radius 2 is 2.10 bits per heavy atom. The first kappa shape index (κ1) is 21.0. The summed E-state index contributed by atoms with van der Waals surface area (Å²) >= 11 is 0. The van der Waals surface area contributed by atoms with Crippen LogP contribution in [0.3, 0.4) is 0 Å². The van der Waals surface area contributed by atoms with Gasteiger partial charge in [-0.15, -0.1) is 24.0 Å². The van der Waals surface area contributed by atoms with E-state index in [9.17, 15) is 0 Å². The van der Waals surface area contributed by atoms with Gasteiger partial charge in [-0.2, -0.15) is 0 Å². The number of hydrogen-bond donors (Lipinski definition) is 1. The topological polar surface area (TPSA) is 36.9 Å². The number of nitrogens with zero attached hydrogens (tertiary/aromatic N) is 2. The van der Waals surface area contributed by atoms with E-state index in [1.807, 2.05) is 0 Å². The molecule has 1 rings (SSSR count). The number of ether oxygens (including phenoxy) is 1. The van der Waals surface area contributed by atoms with Crippen LogP contribution in [-0.2, 0) is 4.74 Å². The Kier molecular flexibility index (Phi) is 12.5. The first-order valence-corrected chi connectivity index (χ1v) is 8.20. The van der Waals surface area contributed by atoms with Crippen LogP contribution >= 0.6 is 24.0 Å². The van der Waals surface area contributed by atoms with Gasteiger partial charge in [0, 0.05) is 33.3 Å².